The molecule has 0 aliphatic carbocycles. The van der Waals surface area contributed by atoms with Crippen LogP contribution in [0, 0.1) is 27.7 Å². The second kappa shape index (κ2) is 4.94. The summed E-state index contributed by atoms with van der Waals surface area (Å²) in [6.07, 6.45) is 2.10. The van der Waals surface area contributed by atoms with Crippen molar-refractivity contribution in [3.05, 3.63) is 40.8 Å². The first kappa shape index (κ1) is 12.8. The number of hydrogen-bond acceptors (Lipinski definition) is 2. The summed E-state index contributed by atoms with van der Waals surface area (Å²) in [6, 6.07) is 4.42. The number of imidazole rings is 1. The smallest absolute Gasteiger partial charge is 0.106 e. The van der Waals surface area contributed by atoms with Crippen molar-refractivity contribution in [2.75, 3.05) is 6.54 Å². The molecule has 2 rings (SSSR count). The largest absolute Gasteiger partial charge is 0.333 e. The molecule has 0 fully saturated rings. The zero-order valence-corrected chi connectivity index (χ0v) is 11.6. The summed E-state index contributed by atoms with van der Waals surface area (Å²) in [4.78, 5) is 4.66. The van der Waals surface area contributed by atoms with Gasteiger partial charge in [-0.3, -0.25) is 0 Å². The molecule has 1 heterocycles. The van der Waals surface area contributed by atoms with E-state index >= 15 is 0 Å². The lowest BCUT2D eigenvalue weighted by Crippen LogP contribution is -2.10. The number of aromatic nitrogens is 2. The van der Waals surface area contributed by atoms with Crippen LogP contribution in [0.1, 0.15) is 22.5 Å². The van der Waals surface area contributed by atoms with Gasteiger partial charge < -0.3 is 10.3 Å². The third-order valence-electron chi connectivity index (χ3n) is 3.28. The van der Waals surface area contributed by atoms with Gasteiger partial charge in [-0.1, -0.05) is 17.7 Å². The number of benzene rings is 1. The van der Waals surface area contributed by atoms with E-state index < -0.39 is 0 Å². The minimum absolute atomic E-state index is 0.641. The van der Waals surface area contributed by atoms with Crippen LogP contribution in [0.3, 0.4) is 0 Å². The Balaban J connectivity index is 2.52. The molecule has 3 nitrogen and oxygen atoms in total. The minimum atomic E-state index is 0.641. The zero-order chi connectivity index (χ0) is 13.3. The Hall–Kier alpha value is -1.61. The fourth-order valence-electron chi connectivity index (χ4n) is 2.58. The Morgan fingerprint density at radius 3 is 2.28 bits per heavy atom. The van der Waals surface area contributed by atoms with Gasteiger partial charge in [0.2, 0.25) is 0 Å². The van der Waals surface area contributed by atoms with Crippen LogP contribution in [0.4, 0.5) is 0 Å². The van der Waals surface area contributed by atoms with Crippen molar-refractivity contribution >= 4 is 0 Å². The molecule has 2 aromatic rings. The van der Waals surface area contributed by atoms with Crippen molar-refractivity contribution in [3.63, 3.8) is 0 Å². The van der Waals surface area contributed by atoms with Crippen LogP contribution in [0.5, 0.6) is 0 Å². The second-order valence-electron chi connectivity index (χ2n) is 4.93. The van der Waals surface area contributed by atoms with Crippen LogP contribution in [-0.2, 0) is 6.54 Å². The average molecular weight is 243 g/mol. The normalized spacial score (nSPS) is 10.9. The van der Waals surface area contributed by atoms with Gasteiger partial charge in [-0.05, 0) is 38.8 Å². The van der Waals surface area contributed by atoms with Crippen LogP contribution in [0.15, 0.2) is 18.3 Å². The second-order valence-corrected chi connectivity index (χ2v) is 4.93. The summed E-state index contributed by atoms with van der Waals surface area (Å²) in [5, 5.41) is 0. The summed E-state index contributed by atoms with van der Waals surface area (Å²) in [5.74, 6) is 1.02. The van der Waals surface area contributed by atoms with E-state index in [1.807, 2.05) is 6.92 Å². The third kappa shape index (κ3) is 2.31. The lowest BCUT2D eigenvalue weighted by atomic mass is 9.98. The first-order valence-electron chi connectivity index (χ1n) is 6.35. The standard InChI is InChI=1S/C15H21N3/c1-10-7-11(2)15(12(3)8-10)14-9-18(6-5-16)13(4)17-14/h7-9H,5-6,16H2,1-4H3. The van der Waals surface area contributed by atoms with E-state index in [4.69, 9.17) is 5.73 Å². The van der Waals surface area contributed by atoms with Crippen molar-refractivity contribution in [2.45, 2.75) is 34.2 Å². The van der Waals surface area contributed by atoms with Crippen LogP contribution in [0.25, 0.3) is 11.3 Å². The van der Waals surface area contributed by atoms with Crippen molar-refractivity contribution in [1.82, 2.24) is 9.55 Å². The van der Waals surface area contributed by atoms with Gasteiger partial charge in [0.1, 0.15) is 5.82 Å². The van der Waals surface area contributed by atoms with Gasteiger partial charge in [0.15, 0.2) is 0 Å². The first-order chi connectivity index (χ1) is 8.52. The fourth-order valence-corrected chi connectivity index (χ4v) is 2.58. The lowest BCUT2D eigenvalue weighted by Gasteiger charge is -2.08. The Morgan fingerprint density at radius 2 is 1.72 bits per heavy atom. The SMILES string of the molecule is Cc1cc(C)c(-c2cn(CCN)c(C)n2)c(C)c1. The maximum atomic E-state index is 5.61. The van der Waals surface area contributed by atoms with Crippen molar-refractivity contribution in [3.8, 4) is 11.3 Å². The maximum absolute atomic E-state index is 5.61. The highest BCUT2D eigenvalue weighted by Crippen LogP contribution is 2.27. The number of rotatable bonds is 3. The summed E-state index contributed by atoms with van der Waals surface area (Å²) < 4.78 is 2.12. The molecule has 18 heavy (non-hydrogen) atoms. The molecule has 0 bridgehead atoms. The molecule has 0 amide bonds. The Labute approximate surface area is 109 Å². The number of nitrogens with zero attached hydrogens (tertiary/aromatic N) is 2. The summed E-state index contributed by atoms with van der Waals surface area (Å²) in [6.45, 7) is 9.91. The monoisotopic (exact) mass is 243 g/mol. The number of aryl methyl sites for hydroxylation is 4. The third-order valence-corrected chi connectivity index (χ3v) is 3.28. The van der Waals surface area contributed by atoms with Gasteiger partial charge in [-0.15, -0.1) is 0 Å². The maximum Gasteiger partial charge on any atom is 0.106 e. The van der Waals surface area contributed by atoms with E-state index in [1.165, 1.54) is 22.3 Å². The van der Waals surface area contributed by atoms with Crippen molar-refractivity contribution in [1.29, 1.82) is 0 Å². The molecule has 0 atom stereocenters. The van der Waals surface area contributed by atoms with Gasteiger partial charge in [0.05, 0.1) is 5.69 Å². The molecule has 0 saturated heterocycles. The van der Waals surface area contributed by atoms with Gasteiger partial charge in [0, 0.05) is 24.8 Å². The predicted molar refractivity (Wildman–Crippen MR) is 75.7 cm³/mol. The molecule has 0 radical (unpaired) electrons. The van der Waals surface area contributed by atoms with Gasteiger partial charge >= 0.3 is 0 Å². The highest BCUT2D eigenvalue weighted by atomic mass is 15.1. The van der Waals surface area contributed by atoms with Gasteiger partial charge in [-0.25, -0.2) is 4.98 Å². The summed E-state index contributed by atoms with van der Waals surface area (Å²) >= 11 is 0. The zero-order valence-electron chi connectivity index (χ0n) is 11.6. The topological polar surface area (TPSA) is 43.8 Å². The lowest BCUT2D eigenvalue weighted by molar-refractivity contribution is 0.684. The number of hydrogen-bond donors (Lipinski definition) is 1. The Morgan fingerprint density at radius 1 is 1.11 bits per heavy atom. The molecule has 0 aliphatic rings. The molecule has 3 heteroatoms. The fraction of sp³-hybridized carbons (Fsp3) is 0.400. The van der Waals surface area contributed by atoms with E-state index in [1.54, 1.807) is 0 Å². The first-order valence-corrected chi connectivity index (χ1v) is 6.35. The average Bonchev–Trinajstić information content (AvgIpc) is 2.59. The minimum Gasteiger partial charge on any atom is -0.333 e. The molecular formula is C15H21N3. The molecule has 96 valence electrons. The Kier molecular flexibility index (Phi) is 3.53. The van der Waals surface area contributed by atoms with Crippen LogP contribution < -0.4 is 5.73 Å². The quantitative estimate of drug-likeness (QED) is 0.900. The van der Waals surface area contributed by atoms with Gasteiger partial charge in [0.25, 0.3) is 0 Å². The van der Waals surface area contributed by atoms with E-state index in [-0.39, 0.29) is 0 Å². The van der Waals surface area contributed by atoms with E-state index in [2.05, 4.69) is 48.7 Å². The van der Waals surface area contributed by atoms with Crippen LogP contribution in [0.2, 0.25) is 0 Å². The van der Waals surface area contributed by atoms with E-state index in [0.29, 0.717) is 6.54 Å². The molecule has 0 aliphatic heterocycles. The molecule has 1 aromatic heterocycles. The predicted octanol–water partition coefficient (Wildman–Crippen LogP) is 2.74. The van der Waals surface area contributed by atoms with Crippen molar-refractivity contribution in [2.24, 2.45) is 5.73 Å². The molecule has 0 spiro atoms. The Bertz CT molecular complexity index is 544. The molecule has 0 saturated carbocycles. The van der Waals surface area contributed by atoms with Crippen LogP contribution >= 0.6 is 0 Å². The van der Waals surface area contributed by atoms with E-state index in [9.17, 15) is 0 Å². The molecule has 0 unspecified atom stereocenters. The van der Waals surface area contributed by atoms with Crippen molar-refractivity contribution < 1.29 is 0 Å². The van der Waals surface area contributed by atoms with Crippen LogP contribution in [-0.4, -0.2) is 16.1 Å². The summed E-state index contributed by atoms with van der Waals surface area (Å²) in [5.41, 5.74) is 11.8. The molecule has 2 N–H and O–H groups in total. The molecular weight excluding hydrogens is 222 g/mol. The highest BCUT2D eigenvalue weighted by Gasteiger charge is 2.11. The highest BCUT2D eigenvalue weighted by molar-refractivity contribution is 5.67. The molecule has 1 aromatic carbocycles. The van der Waals surface area contributed by atoms with E-state index in [0.717, 1.165) is 18.1 Å². The van der Waals surface area contributed by atoms with Gasteiger partial charge in [-0.2, -0.15) is 0 Å². The summed E-state index contributed by atoms with van der Waals surface area (Å²) in [7, 11) is 0. The number of nitrogens with two attached hydrogens (primary N) is 1.